The van der Waals surface area contributed by atoms with Gasteiger partial charge in [-0.2, -0.15) is 5.26 Å². The van der Waals surface area contributed by atoms with Crippen LogP contribution in [0.15, 0.2) is 54.1 Å². The second-order valence-electron chi connectivity index (χ2n) is 4.32. The van der Waals surface area contributed by atoms with Gasteiger partial charge in [0.25, 0.3) is 0 Å². The number of halogens is 1. The highest BCUT2D eigenvalue weighted by atomic mass is 19.1. The van der Waals surface area contributed by atoms with Crippen molar-refractivity contribution in [2.45, 2.75) is 5.92 Å². The van der Waals surface area contributed by atoms with E-state index in [1.165, 1.54) is 12.1 Å². The van der Waals surface area contributed by atoms with Gasteiger partial charge in [-0.3, -0.25) is 0 Å². The van der Waals surface area contributed by atoms with Crippen LogP contribution >= 0.6 is 0 Å². The summed E-state index contributed by atoms with van der Waals surface area (Å²) in [6.45, 7) is 0. The largest absolute Gasteiger partial charge is 0.207 e. The zero-order chi connectivity index (χ0) is 12.5. The lowest BCUT2D eigenvalue weighted by molar-refractivity contribution is 0.627. The van der Waals surface area contributed by atoms with Gasteiger partial charge >= 0.3 is 0 Å². The van der Waals surface area contributed by atoms with Crippen LogP contribution in [0.1, 0.15) is 22.6 Å². The Morgan fingerprint density at radius 3 is 2.44 bits per heavy atom. The smallest absolute Gasteiger partial charge is 0.123 e. The molecule has 0 saturated heterocycles. The van der Waals surface area contributed by atoms with Crippen LogP contribution < -0.4 is 0 Å². The Balaban J connectivity index is 2.14. The van der Waals surface area contributed by atoms with Gasteiger partial charge in [0.15, 0.2) is 0 Å². The van der Waals surface area contributed by atoms with E-state index in [4.69, 9.17) is 0 Å². The Morgan fingerprint density at radius 1 is 1.00 bits per heavy atom. The normalized spacial score (nSPS) is 16.9. The van der Waals surface area contributed by atoms with Gasteiger partial charge in [-0.1, -0.05) is 36.4 Å². The molecule has 2 heteroatoms. The minimum Gasteiger partial charge on any atom is -0.207 e. The molecule has 0 bridgehead atoms. The van der Waals surface area contributed by atoms with Crippen LogP contribution in [0.2, 0.25) is 0 Å². The number of rotatable bonds is 1. The van der Waals surface area contributed by atoms with Crippen molar-refractivity contribution in [3.8, 4) is 6.07 Å². The fourth-order valence-corrected chi connectivity index (χ4v) is 2.43. The van der Waals surface area contributed by atoms with Gasteiger partial charge < -0.3 is 0 Å². The van der Waals surface area contributed by atoms with Gasteiger partial charge in [0, 0.05) is 11.5 Å². The first-order valence-corrected chi connectivity index (χ1v) is 5.75. The minimum atomic E-state index is -0.257. The molecule has 2 aromatic carbocycles. The van der Waals surface area contributed by atoms with Gasteiger partial charge in [0.2, 0.25) is 0 Å². The molecule has 0 aromatic heterocycles. The number of allylic oxidation sites excluding steroid dienone is 1. The SMILES string of the molecule is N#CC1=Cc2ccccc2C1c1ccc(F)cc1. The standard InChI is InChI=1S/C16H10FN/c17-14-7-5-11(6-8-14)16-13(10-18)9-12-3-1-2-4-15(12)16/h1-9,16H. The zero-order valence-electron chi connectivity index (χ0n) is 9.60. The van der Waals surface area contributed by atoms with Crippen LogP contribution in [-0.4, -0.2) is 0 Å². The van der Waals surface area contributed by atoms with Crippen molar-refractivity contribution in [2.24, 2.45) is 0 Å². The van der Waals surface area contributed by atoms with E-state index in [2.05, 4.69) is 6.07 Å². The molecule has 0 aliphatic heterocycles. The Kier molecular flexibility index (Phi) is 2.46. The topological polar surface area (TPSA) is 23.8 Å². The van der Waals surface area contributed by atoms with Crippen molar-refractivity contribution in [2.75, 3.05) is 0 Å². The van der Waals surface area contributed by atoms with E-state index < -0.39 is 0 Å². The molecule has 0 fully saturated rings. The average molecular weight is 235 g/mol. The van der Waals surface area contributed by atoms with Gasteiger partial charge in [-0.05, 0) is 34.9 Å². The lowest BCUT2D eigenvalue weighted by Crippen LogP contribution is -2.00. The summed E-state index contributed by atoms with van der Waals surface area (Å²) < 4.78 is 13.0. The molecule has 1 nitrogen and oxygen atoms in total. The lowest BCUT2D eigenvalue weighted by Gasteiger charge is -2.13. The van der Waals surface area contributed by atoms with Crippen LogP contribution in [0.4, 0.5) is 4.39 Å². The van der Waals surface area contributed by atoms with E-state index in [0.717, 1.165) is 16.7 Å². The van der Waals surface area contributed by atoms with Gasteiger partial charge in [-0.25, -0.2) is 4.39 Å². The molecule has 1 unspecified atom stereocenters. The van der Waals surface area contributed by atoms with E-state index in [9.17, 15) is 9.65 Å². The Bertz CT molecular complexity index is 662. The molecule has 3 rings (SSSR count). The first-order valence-electron chi connectivity index (χ1n) is 5.75. The highest BCUT2D eigenvalue weighted by Crippen LogP contribution is 2.40. The molecule has 0 N–H and O–H groups in total. The molecule has 1 atom stereocenters. The zero-order valence-corrected chi connectivity index (χ0v) is 9.60. The fourth-order valence-electron chi connectivity index (χ4n) is 2.43. The van der Waals surface area contributed by atoms with Crippen LogP contribution in [0, 0.1) is 17.1 Å². The van der Waals surface area contributed by atoms with E-state index in [1.807, 2.05) is 30.3 Å². The Hall–Kier alpha value is -2.40. The third-order valence-electron chi connectivity index (χ3n) is 3.26. The number of hydrogen-bond acceptors (Lipinski definition) is 1. The van der Waals surface area contributed by atoms with Crippen molar-refractivity contribution in [1.82, 2.24) is 0 Å². The second kappa shape index (κ2) is 4.12. The van der Waals surface area contributed by atoms with Crippen molar-refractivity contribution >= 4 is 6.08 Å². The Labute approximate surface area is 105 Å². The predicted octanol–water partition coefficient (Wildman–Crippen LogP) is 3.88. The Morgan fingerprint density at radius 2 is 1.72 bits per heavy atom. The van der Waals surface area contributed by atoms with Gasteiger partial charge in [-0.15, -0.1) is 0 Å². The molecule has 86 valence electrons. The molecule has 0 amide bonds. The summed E-state index contributed by atoms with van der Waals surface area (Å²) in [5.74, 6) is -0.320. The quantitative estimate of drug-likeness (QED) is 0.735. The molecule has 2 aromatic rings. The fraction of sp³-hybridized carbons (Fsp3) is 0.0625. The third-order valence-corrected chi connectivity index (χ3v) is 3.26. The van der Waals surface area contributed by atoms with Gasteiger partial charge in [0.1, 0.15) is 5.82 Å². The summed E-state index contributed by atoms with van der Waals surface area (Å²) >= 11 is 0. The van der Waals surface area contributed by atoms with Crippen molar-refractivity contribution in [3.05, 3.63) is 76.6 Å². The van der Waals surface area contributed by atoms with Crippen LogP contribution in [0.25, 0.3) is 6.08 Å². The molecule has 0 heterocycles. The van der Waals surface area contributed by atoms with Crippen LogP contribution in [-0.2, 0) is 0 Å². The summed E-state index contributed by atoms with van der Waals surface area (Å²) in [5.41, 5.74) is 3.85. The molecule has 0 saturated carbocycles. The number of fused-ring (bicyclic) bond motifs is 1. The van der Waals surface area contributed by atoms with Gasteiger partial charge in [0.05, 0.1) is 6.07 Å². The second-order valence-corrected chi connectivity index (χ2v) is 4.32. The monoisotopic (exact) mass is 235 g/mol. The molecule has 1 aliphatic rings. The molecule has 1 aliphatic carbocycles. The lowest BCUT2D eigenvalue weighted by atomic mass is 9.89. The number of nitriles is 1. The first-order chi connectivity index (χ1) is 8.79. The summed E-state index contributed by atoms with van der Waals surface area (Å²) in [4.78, 5) is 0. The maximum Gasteiger partial charge on any atom is 0.123 e. The van der Waals surface area contributed by atoms with E-state index in [0.29, 0.717) is 5.57 Å². The van der Waals surface area contributed by atoms with Crippen LogP contribution in [0.3, 0.4) is 0 Å². The van der Waals surface area contributed by atoms with Crippen LogP contribution in [0.5, 0.6) is 0 Å². The maximum atomic E-state index is 13.0. The van der Waals surface area contributed by atoms with Crippen molar-refractivity contribution in [1.29, 1.82) is 5.26 Å². The third kappa shape index (κ3) is 1.61. The highest BCUT2D eigenvalue weighted by molar-refractivity contribution is 5.72. The first kappa shape index (κ1) is 10.7. The summed E-state index contributed by atoms with van der Waals surface area (Å²) in [6.07, 6.45) is 1.91. The van der Waals surface area contributed by atoms with E-state index >= 15 is 0 Å². The maximum absolute atomic E-state index is 13.0. The van der Waals surface area contributed by atoms with E-state index in [-0.39, 0.29) is 11.7 Å². The number of hydrogen-bond donors (Lipinski definition) is 0. The average Bonchev–Trinajstić information content (AvgIpc) is 2.78. The summed E-state index contributed by atoms with van der Waals surface area (Å²) in [5, 5.41) is 9.23. The molecular weight excluding hydrogens is 225 g/mol. The molecule has 0 spiro atoms. The minimum absolute atomic E-state index is 0.0631. The number of nitrogens with zero attached hydrogens (tertiary/aromatic N) is 1. The summed E-state index contributed by atoms with van der Waals surface area (Å²) in [6, 6.07) is 16.5. The molecule has 0 radical (unpaired) electrons. The molecule has 18 heavy (non-hydrogen) atoms. The highest BCUT2D eigenvalue weighted by Gasteiger charge is 2.26. The van der Waals surface area contributed by atoms with Crippen molar-refractivity contribution < 1.29 is 4.39 Å². The van der Waals surface area contributed by atoms with E-state index in [1.54, 1.807) is 12.1 Å². The number of benzene rings is 2. The predicted molar refractivity (Wildman–Crippen MR) is 68.3 cm³/mol. The summed E-state index contributed by atoms with van der Waals surface area (Å²) in [7, 11) is 0. The molecular formula is C16H10FN. The van der Waals surface area contributed by atoms with Crippen molar-refractivity contribution in [3.63, 3.8) is 0 Å².